The van der Waals surface area contributed by atoms with Crippen molar-refractivity contribution >= 4 is 14.5 Å². The summed E-state index contributed by atoms with van der Waals surface area (Å²) in [5.74, 6) is 0. The van der Waals surface area contributed by atoms with E-state index >= 15 is 0 Å². The van der Waals surface area contributed by atoms with E-state index < -0.39 is 14.5 Å². The van der Waals surface area contributed by atoms with Gasteiger partial charge >= 0.3 is 14.5 Å². The zero-order chi connectivity index (χ0) is 10.6. The van der Waals surface area contributed by atoms with Gasteiger partial charge in [-0.25, -0.2) is 0 Å². The van der Waals surface area contributed by atoms with Crippen LogP contribution in [0.1, 0.15) is 59.3 Å². The van der Waals surface area contributed by atoms with Gasteiger partial charge in [-0.15, -0.1) is 0 Å². The van der Waals surface area contributed by atoms with Gasteiger partial charge in [0.25, 0.3) is 0 Å². The van der Waals surface area contributed by atoms with Gasteiger partial charge in [-0.05, 0) is 6.42 Å². The van der Waals surface area contributed by atoms with Crippen molar-refractivity contribution < 1.29 is 3.79 Å². The molecule has 2 heteroatoms. The molecule has 0 aromatic carbocycles. The Kier molecular flexibility index (Phi) is 12.0. The lowest BCUT2D eigenvalue weighted by Gasteiger charge is -2.08. The van der Waals surface area contributed by atoms with Gasteiger partial charge in [0.2, 0.25) is 0 Å². The summed E-state index contributed by atoms with van der Waals surface area (Å²) in [6.45, 7) is 7.83. The minimum atomic E-state index is -0.757. The molecular formula is C12H27AlO. The molecule has 1 nitrogen and oxygen atoms in total. The van der Waals surface area contributed by atoms with E-state index in [-0.39, 0.29) is 0 Å². The molecule has 0 N–H and O–H groups in total. The lowest BCUT2D eigenvalue weighted by Crippen LogP contribution is -2.15. The molecular weight excluding hydrogens is 187 g/mol. The zero-order valence-electron chi connectivity index (χ0n) is 10.3. The van der Waals surface area contributed by atoms with Gasteiger partial charge in [0, 0.05) is 6.61 Å². The highest BCUT2D eigenvalue weighted by molar-refractivity contribution is 6.51. The third-order valence-electron chi connectivity index (χ3n) is 2.76. The molecule has 14 heavy (non-hydrogen) atoms. The summed E-state index contributed by atoms with van der Waals surface area (Å²) in [4.78, 5) is 0. The van der Waals surface area contributed by atoms with Crippen LogP contribution in [0.4, 0.5) is 0 Å². The van der Waals surface area contributed by atoms with Crippen LogP contribution in [0, 0.1) is 0 Å². The fourth-order valence-corrected chi connectivity index (χ4v) is 3.21. The van der Waals surface area contributed by atoms with Gasteiger partial charge in [0.1, 0.15) is 0 Å². The Labute approximate surface area is 95.0 Å². The largest absolute Gasteiger partial charge is 0.501 e. The van der Waals surface area contributed by atoms with Crippen molar-refractivity contribution in [2.24, 2.45) is 0 Å². The topological polar surface area (TPSA) is 9.23 Å². The average molecular weight is 214 g/mol. The fourth-order valence-electron chi connectivity index (χ4n) is 1.66. The van der Waals surface area contributed by atoms with Crippen LogP contribution in [-0.4, -0.2) is 21.1 Å². The highest BCUT2D eigenvalue weighted by Crippen LogP contribution is 2.06. The molecule has 0 radical (unpaired) electrons. The van der Waals surface area contributed by atoms with Crippen molar-refractivity contribution in [2.45, 2.75) is 69.9 Å². The molecule has 0 aliphatic carbocycles. The Morgan fingerprint density at radius 1 is 0.786 bits per heavy atom. The molecule has 0 amide bonds. The molecule has 0 aliphatic heterocycles. The number of hydrogen-bond acceptors (Lipinski definition) is 1. The first kappa shape index (κ1) is 14.5. The second-order valence-corrected chi connectivity index (χ2v) is 7.29. The van der Waals surface area contributed by atoms with E-state index in [0.717, 1.165) is 6.61 Å². The second-order valence-electron chi connectivity index (χ2n) is 4.08. The molecule has 0 saturated heterocycles. The van der Waals surface area contributed by atoms with Gasteiger partial charge in [-0.2, -0.15) is 0 Å². The first-order chi connectivity index (χ1) is 6.85. The summed E-state index contributed by atoms with van der Waals surface area (Å²) in [5.41, 5.74) is 0. The van der Waals surface area contributed by atoms with Gasteiger partial charge in [0.05, 0.1) is 0 Å². The Morgan fingerprint density at radius 2 is 1.36 bits per heavy atom. The quantitative estimate of drug-likeness (QED) is 0.387. The Hall–Kier alpha value is 0.492. The van der Waals surface area contributed by atoms with Gasteiger partial charge in [-0.3, -0.25) is 0 Å². The molecule has 0 spiro atoms. The minimum absolute atomic E-state index is 0.757. The molecule has 0 aliphatic rings. The first-order valence-corrected chi connectivity index (χ1v) is 8.57. The molecule has 0 heterocycles. The summed E-state index contributed by atoms with van der Waals surface area (Å²) < 4.78 is 5.89. The van der Waals surface area contributed by atoms with Crippen LogP contribution in [0.15, 0.2) is 0 Å². The predicted molar refractivity (Wildman–Crippen MR) is 66.0 cm³/mol. The van der Waals surface area contributed by atoms with E-state index in [1.54, 1.807) is 0 Å². The van der Waals surface area contributed by atoms with Crippen molar-refractivity contribution in [1.82, 2.24) is 0 Å². The lowest BCUT2D eigenvalue weighted by atomic mass is 10.1. The van der Waals surface area contributed by atoms with Gasteiger partial charge in [-0.1, -0.05) is 63.4 Å². The fraction of sp³-hybridized carbons (Fsp3) is 1.00. The third-order valence-corrected chi connectivity index (χ3v) is 5.29. The Morgan fingerprint density at radius 3 is 1.93 bits per heavy atom. The van der Waals surface area contributed by atoms with Crippen LogP contribution in [0.3, 0.4) is 0 Å². The highest BCUT2D eigenvalue weighted by atomic mass is 27.2. The molecule has 0 saturated carbocycles. The normalized spacial score (nSPS) is 10.5. The molecule has 0 unspecified atom stereocenters. The third kappa shape index (κ3) is 9.06. The standard InChI is InChI=1S/C8H17O.2C2H5.Al/c1-2-3-4-5-6-7-8-9;2*1-2;/h2-8H2,1H3;2*1H2,2H3;/q-1;;;+1. The highest BCUT2D eigenvalue weighted by Gasteiger charge is 2.13. The van der Waals surface area contributed by atoms with Crippen molar-refractivity contribution in [3.63, 3.8) is 0 Å². The molecule has 0 aromatic rings. The lowest BCUT2D eigenvalue weighted by molar-refractivity contribution is 0.305. The van der Waals surface area contributed by atoms with Crippen LogP contribution in [0.5, 0.6) is 0 Å². The Bertz CT molecular complexity index is 102. The van der Waals surface area contributed by atoms with Crippen LogP contribution >= 0.6 is 0 Å². The molecule has 0 bridgehead atoms. The average Bonchev–Trinajstić information content (AvgIpc) is 2.22. The smallest absolute Gasteiger partial charge is 0.460 e. The molecule has 84 valence electrons. The van der Waals surface area contributed by atoms with Gasteiger partial charge < -0.3 is 3.79 Å². The zero-order valence-corrected chi connectivity index (χ0v) is 11.5. The van der Waals surface area contributed by atoms with E-state index in [1.165, 1.54) is 49.1 Å². The summed E-state index contributed by atoms with van der Waals surface area (Å²) >= 11 is -0.757. The maximum atomic E-state index is 5.89. The summed E-state index contributed by atoms with van der Waals surface area (Å²) in [7, 11) is 0. The van der Waals surface area contributed by atoms with Crippen LogP contribution in [0.2, 0.25) is 10.6 Å². The monoisotopic (exact) mass is 214 g/mol. The van der Waals surface area contributed by atoms with E-state index in [2.05, 4.69) is 20.8 Å². The van der Waals surface area contributed by atoms with E-state index in [1.807, 2.05) is 0 Å². The summed E-state index contributed by atoms with van der Waals surface area (Å²) in [6, 6.07) is 0. The number of unbranched alkanes of at least 4 members (excludes halogenated alkanes) is 5. The van der Waals surface area contributed by atoms with Crippen molar-refractivity contribution in [2.75, 3.05) is 6.61 Å². The maximum Gasteiger partial charge on any atom is 0.460 e. The van der Waals surface area contributed by atoms with Gasteiger partial charge in [0.15, 0.2) is 0 Å². The van der Waals surface area contributed by atoms with E-state index in [4.69, 9.17) is 3.79 Å². The molecule has 0 rings (SSSR count). The first-order valence-electron chi connectivity index (χ1n) is 6.46. The van der Waals surface area contributed by atoms with Crippen LogP contribution in [0.25, 0.3) is 0 Å². The summed E-state index contributed by atoms with van der Waals surface area (Å²) in [6.07, 6.45) is 8.22. The van der Waals surface area contributed by atoms with Crippen LogP contribution < -0.4 is 0 Å². The molecule has 0 fully saturated rings. The minimum Gasteiger partial charge on any atom is -0.501 e. The van der Waals surface area contributed by atoms with Crippen molar-refractivity contribution in [1.29, 1.82) is 0 Å². The predicted octanol–water partition coefficient (Wildman–Crippen LogP) is 4.39. The molecule has 0 aromatic heterocycles. The van der Waals surface area contributed by atoms with E-state index in [9.17, 15) is 0 Å². The second kappa shape index (κ2) is 11.6. The maximum absolute atomic E-state index is 5.89. The van der Waals surface area contributed by atoms with Crippen LogP contribution in [-0.2, 0) is 3.79 Å². The molecule has 0 atom stereocenters. The summed E-state index contributed by atoms with van der Waals surface area (Å²) in [5, 5.41) is 2.60. The Balaban J connectivity index is 3.04. The van der Waals surface area contributed by atoms with Crippen molar-refractivity contribution in [3.8, 4) is 0 Å². The van der Waals surface area contributed by atoms with Crippen molar-refractivity contribution in [3.05, 3.63) is 0 Å². The van der Waals surface area contributed by atoms with E-state index in [0.29, 0.717) is 0 Å². The SMILES string of the molecule is CCCCCCCC[O][Al]([CH2]C)[CH2]C. The number of hydrogen-bond donors (Lipinski definition) is 0. The number of rotatable bonds is 10.